The smallest absolute Gasteiger partial charge is 0.161 e. The van der Waals surface area contributed by atoms with E-state index in [9.17, 15) is 0 Å². The molecule has 0 aliphatic rings. The predicted octanol–water partition coefficient (Wildman–Crippen LogP) is 3.21. The first-order valence-corrected chi connectivity index (χ1v) is 6.92. The summed E-state index contributed by atoms with van der Waals surface area (Å²) >= 11 is 0. The van der Waals surface area contributed by atoms with E-state index in [1.54, 1.807) is 14.2 Å². The summed E-state index contributed by atoms with van der Waals surface area (Å²) in [5.41, 5.74) is 4.03. The molecule has 2 rings (SSSR count). The van der Waals surface area contributed by atoms with E-state index in [2.05, 4.69) is 22.4 Å². The average Bonchev–Trinajstić information content (AvgIpc) is 2.51. The van der Waals surface area contributed by atoms with Crippen LogP contribution in [0.4, 0.5) is 5.82 Å². The van der Waals surface area contributed by atoms with Gasteiger partial charge in [-0.15, -0.1) is 10.2 Å². The number of hydrogen-bond acceptors (Lipinski definition) is 5. The number of benzene rings is 1. The number of aromatic nitrogens is 2. The molecule has 1 aromatic heterocycles. The third-order valence-electron chi connectivity index (χ3n) is 3.52. The van der Waals surface area contributed by atoms with Crippen LogP contribution in [-0.4, -0.2) is 31.0 Å². The molecule has 0 radical (unpaired) electrons. The maximum absolute atomic E-state index is 5.35. The molecule has 21 heavy (non-hydrogen) atoms. The Labute approximate surface area is 125 Å². The van der Waals surface area contributed by atoms with E-state index in [-0.39, 0.29) is 0 Å². The van der Waals surface area contributed by atoms with Crippen LogP contribution < -0.4 is 14.8 Å². The second kappa shape index (κ2) is 6.43. The Kier molecular flexibility index (Phi) is 4.62. The lowest BCUT2D eigenvalue weighted by atomic mass is 10.0. The Morgan fingerprint density at radius 3 is 2.33 bits per heavy atom. The van der Waals surface area contributed by atoms with Gasteiger partial charge in [-0.05, 0) is 50.1 Å². The second-order valence-electron chi connectivity index (χ2n) is 4.75. The highest BCUT2D eigenvalue weighted by atomic mass is 16.5. The zero-order valence-corrected chi connectivity index (χ0v) is 13.2. The zero-order chi connectivity index (χ0) is 15.4. The molecule has 0 saturated carbocycles. The van der Waals surface area contributed by atoms with Crippen molar-refractivity contribution in [2.75, 3.05) is 26.1 Å². The van der Waals surface area contributed by atoms with Crippen LogP contribution in [0.2, 0.25) is 0 Å². The van der Waals surface area contributed by atoms with Gasteiger partial charge in [-0.2, -0.15) is 0 Å². The quantitative estimate of drug-likeness (QED) is 0.915. The van der Waals surface area contributed by atoms with E-state index in [0.717, 1.165) is 34.7 Å². The van der Waals surface area contributed by atoms with Crippen LogP contribution in [0.5, 0.6) is 11.5 Å². The molecule has 1 heterocycles. The molecule has 1 aromatic carbocycles. The predicted molar refractivity (Wildman–Crippen MR) is 84.2 cm³/mol. The number of nitrogens with zero attached hydrogens (tertiary/aromatic N) is 2. The number of rotatable bonds is 5. The Morgan fingerprint density at radius 1 is 1.00 bits per heavy atom. The highest BCUT2D eigenvalue weighted by molar-refractivity contribution is 5.69. The molecule has 0 spiro atoms. The second-order valence-corrected chi connectivity index (χ2v) is 4.75. The largest absolute Gasteiger partial charge is 0.493 e. The van der Waals surface area contributed by atoms with Crippen molar-refractivity contribution in [1.29, 1.82) is 0 Å². The Balaban J connectivity index is 2.49. The van der Waals surface area contributed by atoms with E-state index < -0.39 is 0 Å². The highest BCUT2D eigenvalue weighted by Gasteiger charge is 2.13. The van der Waals surface area contributed by atoms with Crippen LogP contribution in [-0.2, 0) is 0 Å². The number of nitrogens with one attached hydrogen (secondary N) is 1. The number of ether oxygens (including phenoxy) is 2. The maximum Gasteiger partial charge on any atom is 0.161 e. The van der Waals surface area contributed by atoms with Gasteiger partial charge in [-0.1, -0.05) is 0 Å². The van der Waals surface area contributed by atoms with Gasteiger partial charge in [0.2, 0.25) is 0 Å². The molecule has 0 atom stereocenters. The highest BCUT2D eigenvalue weighted by Crippen LogP contribution is 2.33. The van der Waals surface area contributed by atoms with Crippen molar-refractivity contribution in [3.8, 4) is 22.8 Å². The van der Waals surface area contributed by atoms with Gasteiger partial charge in [0.15, 0.2) is 17.3 Å². The molecule has 0 amide bonds. The van der Waals surface area contributed by atoms with Crippen molar-refractivity contribution in [1.82, 2.24) is 10.2 Å². The maximum atomic E-state index is 5.35. The average molecular weight is 287 g/mol. The molecular formula is C16H21N3O2. The number of methoxy groups -OCH3 is 2. The lowest BCUT2D eigenvalue weighted by Gasteiger charge is -2.13. The Hall–Kier alpha value is -2.30. The Morgan fingerprint density at radius 2 is 1.71 bits per heavy atom. The lowest BCUT2D eigenvalue weighted by Crippen LogP contribution is -2.06. The summed E-state index contributed by atoms with van der Waals surface area (Å²) in [5, 5.41) is 11.8. The molecule has 0 aliphatic heterocycles. The standard InChI is InChI=1S/C16H21N3O2/c1-6-17-16-11(3)10(2)15(18-19-16)12-7-8-13(20-4)14(9-12)21-5/h7-9H,6H2,1-5H3,(H,17,19). The lowest BCUT2D eigenvalue weighted by molar-refractivity contribution is 0.355. The molecule has 0 unspecified atom stereocenters. The third-order valence-corrected chi connectivity index (χ3v) is 3.52. The molecule has 0 aliphatic carbocycles. The van der Waals surface area contributed by atoms with Gasteiger partial charge in [-0.3, -0.25) is 0 Å². The molecule has 0 bridgehead atoms. The minimum Gasteiger partial charge on any atom is -0.493 e. The van der Waals surface area contributed by atoms with E-state index in [1.807, 2.05) is 32.0 Å². The van der Waals surface area contributed by atoms with Gasteiger partial charge in [0.25, 0.3) is 0 Å². The monoisotopic (exact) mass is 287 g/mol. The Bertz CT molecular complexity index is 642. The number of anilines is 1. The zero-order valence-electron chi connectivity index (χ0n) is 13.2. The fraction of sp³-hybridized carbons (Fsp3) is 0.375. The van der Waals surface area contributed by atoms with Crippen LogP contribution in [0.15, 0.2) is 18.2 Å². The molecule has 1 N–H and O–H groups in total. The van der Waals surface area contributed by atoms with Crippen molar-refractivity contribution >= 4 is 5.82 Å². The summed E-state index contributed by atoms with van der Waals surface area (Å²) in [7, 11) is 3.25. The summed E-state index contributed by atoms with van der Waals surface area (Å²) in [6.45, 7) is 6.96. The van der Waals surface area contributed by atoms with E-state index in [1.165, 1.54) is 0 Å². The van der Waals surface area contributed by atoms with Crippen molar-refractivity contribution in [2.24, 2.45) is 0 Å². The normalized spacial score (nSPS) is 10.3. The minimum atomic E-state index is 0.685. The van der Waals surface area contributed by atoms with Crippen molar-refractivity contribution in [2.45, 2.75) is 20.8 Å². The first kappa shape index (κ1) is 15.1. The third kappa shape index (κ3) is 2.91. The fourth-order valence-corrected chi connectivity index (χ4v) is 2.20. The summed E-state index contributed by atoms with van der Waals surface area (Å²) in [6.07, 6.45) is 0. The SMILES string of the molecule is CCNc1nnc(-c2ccc(OC)c(OC)c2)c(C)c1C. The van der Waals surface area contributed by atoms with Crippen LogP contribution in [0.3, 0.4) is 0 Å². The van der Waals surface area contributed by atoms with Crippen LogP contribution in [0.1, 0.15) is 18.1 Å². The van der Waals surface area contributed by atoms with Crippen molar-refractivity contribution in [3.63, 3.8) is 0 Å². The van der Waals surface area contributed by atoms with Crippen LogP contribution >= 0.6 is 0 Å². The van der Waals surface area contributed by atoms with Crippen LogP contribution in [0.25, 0.3) is 11.3 Å². The molecule has 5 heteroatoms. The van der Waals surface area contributed by atoms with Gasteiger partial charge >= 0.3 is 0 Å². The molecule has 112 valence electrons. The molecule has 0 fully saturated rings. The fourth-order valence-electron chi connectivity index (χ4n) is 2.20. The summed E-state index contributed by atoms with van der Waals surface area (Å²) in [6, 6.07) is 5.76. The van der Waals surface area contributed by atoms with Gasteiger partial charge in [-0.25, -0.2) is 0 Å². The minimum absolute atomic E-state index is 0.685. The molecular weight excluding hydrogens is 266 g/mol. The summed E-state index contributed by atoms with van der Waals surface area (Å²) in [5.74, 6) is 2.22. The van der Waals surface area contributed by atoms with Gasteiger partial charge < -0.3 is 14.8 Å². The first-order valence-electron chi connectivity index (χ1n) is 6.92. The molecule has 0 saturated heterocycles. The molecule has 5 nitrogen and oxygen atoms in total. The first-order chi connectivity index (χ1) is 10.1. The van der Waals surface area contributed by atoms with E-state index in [4.69, 9.17) is 9.47 Å². The van der Waals surface area contributed by atoms with Crippen LogP contribution in [0, 0.1) is 13.8 Å². The van der Waals surface area contributed by atoms with Gasteiger partial charge in [0.1, 0.15) is 0 Å². The summed E-state index contributed by atoms with van der Waals surface area (Å²) in [4.78, 5) is 0. The summed E-state index contributed by atoms with van der Waals surface area (Å²) < 4.78 is 10.6. The van der Waals surface area contributed by atoms with Crippen molar-refractivity contribution < 1.29 is 9.47 Å². The molecule has 2 aromatic rings. The van der Waals surface area contributed by atoms with Gasteiger partial charge in [0, 0.05) is 12.1 Å². The van der Waals surface area contributed by atoms with Gasteiger partial charge in [0.05, 0.1) is 19.9 Å². The van der Waals surface area contributed by atoms with Crippen molar-refractivity contribution in [3.05, 3.63) is 29.3 Å². The number of hydrogen-bond donors (Lipinski definition) is 1. The topological polar surface area (TPSA) is 56.3 Å². The van der Waals surface area contributed by atoms with E-state index >= 15 is 0 Å². The van der Waals surface area contributed by atoms with E-state index in [0.29, 0.717) is 11.5 Å².